The molecule has 26 heavy (non-hydrogen) atoms. The van der Waals surface area contributed by atoms with Crippen molar-refractivity contribution in [2.45, 2.75) is 77.8 Å². The molecule has 1 aliphatic heterocycles. The highest BCUT2D eigenvalue weighted by Gasteiger charge is 2.51. The Morgan fingerprint density at radius 3 is 2.54 bits per heavy atom. The van der Waals surface area contributed by atoms with E-state index in [2.05, 4.69) is 32.8 Å². The molecule has 0 atom stereocenters. The lowest BCUT2D eigenvalue weighted by Crippen LogP contribution is -2.36. The van der Waals surface area contributed by atoms with Crippen molar-refractivity contribution in [2.24, 2.45) is 5.41 Å². The number of benzene rings is 1. The van der Waals surface area contributed by atoms with Crippen molar-refractivity contribution in [1.29, 1.82) is 0 Å². The third kappa shape index (κ3) is 2.79. The lowest BCUT2D eigenvalue weighted by Gasteiger charge is -2.34. The maximum absolute atomic E-state index is 14.7. The first-order valence-electron chi connectivity index (χ1n) is 9.74. The molecule has 1 aromatic carbocycles. The summed E-state index contributed by atoms with van der Waals surface area (Å²) in [6.45, 7) is 8.38. The van der Waals surface area contributed by atoms with E-state index in [1.807, 2.05) is 10.9 Å². The van der Waals surface area contributed by atoms with Crippen LogP contribution in [0.1, 0.15) is 65.8 Å². The molecule has 1 aromatic heterocycles. The van der Waals surface area contributed by atoms with Crippen molar-refractivity contribution < 1.29 is 9.04 Å². The molecule has 4 rings (SSSR count). The Hall–Kier alpha value is -1.07. The lowest BCUT2D eigenvalue weighted by atomic mass is 9.53. The summed E-state index contributed by atoms with van der Waals surface area (Å²) < 4.78 is 23.1. The number of hydrogen-bond donors (Lipinski definition) is 0. The Balaban J connectivity index is 1.82. The second-order valence-electron chi connectivity index (χ2n) is 9.10. The molecule has 2 heterocycles. The van der Waals surface area contributed by atoms with Crippen molar-refractivity contribution in [2.75, 3.05) is 0 Å². The van der Waals surface area contributed by atoms with Crippen molar-refractivity contribution in [1.82, 2.24) is 9.78 Å². The normalized spacial score (nSPS) is 23.1. The average Bonchev–Trinajstić information content (AvgIpc) is 3.07. The van der Waals surface area contributed by atoms with Gasteiger partial charge in [0.25, 0.3) is 0 Å². The first-order chi connectivity index (χ1) is 12.2. The molecule has 2 fully saturated rings. The van der Waals surface area contributed by atoms with Gasteiger partial charge in [-0.1, -0.05) is 44.7 Å². The molecular formula is C20H27BClFN2O. The number of rotatable bonds is 2. The van der Waals surface area contributed by atoms with Crippen LogP contribution in [0.3, 0.4) is 0 Å². The van der Waals surface area contributed by atoms with Gasteiger partial charge in [0.05, 0.1) is 28.4 Å². The molecule has 0 amide bonds. The Kier molecular flexibility index (Phi) is 4.39. The maximum atomic E-state index is 14.7. The van der Waals surface area contributed by atoms with Crippen LogP contribution in [0.25, 0.3) is 10.9 Å². The van der Waals surface area contributed by atoms with Crippen LogP contribution in [-0.2, 0) is 4.65 Å². The predicted octanol–water partition coefficient (Wildman–Crippen LogP) is 5.37. The number of halogens is 2. The summed E-state index contributed by atoms with van der Waals surface area (Å²) in [5, 5.41) is 5.75. The Bertz CT molecular complexity index is 826. The molecule has 6 heteroatoms. The second-order valence-corrected chi connectivity index (χ2v) is 9.48. The summed E-state index contributed by atoms with van der Waals surface area (Å²) in [5.41, 5.74) is 1.31. The molecule has 0 bridgehead atoms. The van der Waals surface area contributed by atoms with Crippen molar-refractivity contribution in [3.63, 3.8) is 0 Å². The third-order valence-corrected chi connectivity index (χ3v) is 7.22. The van der Waals surface area contributed by atoms with Gasteiger partial charge in [0.2, 0.25) is 0 Å². The summed E-state index contributed by atoms with van der Waals surface area (Å²) >= 11 is 6.44. The minimum atomic E-state index is -0.377. The fourth-order valence-corrected chi connectivity index (χ4v) is 4.79. The molecule has 0 N–H and O–H groups in total. The van der Waals surface area contributed by atoms with Crippen LogP contribution >= 0.6 is 11.6 Å². The zero-order chi connectivity index (χ0) is 18.7. The Morgan fingerprint density at radius 2 is 1.92 bits per heavy atom. The van der Waals surface area contributed by atoms with Gasteiger partial charge in [0, 0.05) is 11.5 Å². The van der Waals surface area contributed by atoms with E-state index in [4.69, 9.17) is 16.3 Å². The lowest BCUT2D eigenvalue weighted by molar-refractivity contribution is 0.0376. The van der Waals surface area contributed by atoms with Gasteiger partial charge in [-0.25, -0.2) is 4.39 Å². The van der Waals surface area contributed by atoms with E-state index in [-0.39, 0.29) is 28.8 Å². The molecule has 140 valence electrons. The smallest absolute Gasteiger partial charge is 0.330 e. The predicted molar refractivity (Wildman–Crippen MR) is 106 cm³/mol. The van der Waals surface area contributed by atoms with E-state index < -0.39 is 0 Å². The fourth-order valence-electron chi connectivity index (χ4n) is 4.51. The zero-order valence-corrected chi connectivity index (χ0v) is 16.9. The van der Waals surface area contributed by atoms with Gasteiger partial charge in [-0.15, -0.1) is 0 Å². The van der Waals surface area contributed by atoms with Gasteiger partial charge >= 0.3 is 6.92 Å². The molecule has 1 saturated carbocycles. The maximum Gasteiger partial charge on any atom is 0.330 e. The third-order valence-electron chi connectivity index (χ3n) is 6.84. The van der Waals surface area contributed by atoms with Gasteiger partial charge in [-0.05, 0) is 43.9 Å². The number of nitrogens with zero attached hydrogens (tertiary/aromatic N) is 2. The van der Waals surface area contributed by atoms with E-state index in [0.717, 1.165) is 35.5 Å². The van der Waals surface area contributed by atoms with Gasteiger partial charge in [-0.2, -0.15) is 5.10 Å². The van der Waals surface area contributed by atoms with Gasteiger partial charge in [0.15, 0.2) is 0 Å². The summed E-state index contributed by atoms with van der Waals surface area (Å²) in [5.74, 6) is -0.377. The highest BCUT2D eigenvalue weighted by Crippen LogP contribution is 2.46. The van der Waals surface area contributed by atoms with Crippen LogP contribution in [0.4, 0.5) is 4.39 Å². The average molecular weight is 377 g/mol. The Morgan fingerprint density at radius 1 is 1.23 bits per heavy atom. The molecule has 3 nitrogen and oxygen atoms in total. The van der Waals surface area contributed by atoms with Crippen molar-refractivity contribution in [3.05, 3.63) is 23.1 Å². The standard InChI is InChI=1S/C20H27BClFN2O/c1-19(2)12-21(26-20(19,3)4)17-14-11-24-25(13-8-6-5-7-9-13)16(14)10-15(23)18(17)22/h10-11,13H,5-9,12H2,1-4H3. The van der Waals surface area contributed by atoms with E-state index in [0.29, 0.717) is 6.04 Å². The quantitative estimate of drug-likeness (QED) is 0.659. The molecule has 2 aromatic rings. The minimum absolute atomic E-state index is 0.0149. The van der Waals surface area contributed by atoms with Crippen LogP contribution in [0.2, 0.25) is 11.3 Å². The first kappa shape index (κ1) is 18.3. The molecule has 1 saturated heterocycles. The highest BCUT2D eigenvalue weighted by atomic mass is 35.5. The SMILES string of the molecule is CC1(C)CB(c2c(Cl)c(F)cc3c2cnn3C2CCCCC2)OC1(C)C. The van der Waals surface area contributed by atoms with E-state index >= 15 is 0 Å². The van der Waals surface area contributed by atoms with Gasteiger partial charge in [0.1, 0.15) is 5.82 Å². The van der Waals surface area contributed by atoms with Crippen LogP contribution in [0.5, 0.6) is 0 Å². The molecular weight excluding hydrogens is 349 g/mol. The van der Waals surface area contributed by atoms with E-state index in [1.165, 1.54) is 19.3 Å². The van der Waals surface area contributed by atoms with Gasteiger partial charge in [-0.3, -0.25) is 4.68 Å². The molecule has 0 unspecified atom stereocenters. The second kappa shape index (κ2) is 6.24. The molecule has 0 spiro atoms. The van der Waals surface area contributed by atoms with E-state index in [1.54, 1.807) is 6.07 Å². The van der Waals surface area contributed by atoms with Crippen LogP contribution in [0.15, 0.2) is 12.3 Å². The van der Waals surface area contributed by atoms with E-state index in [9.17, 15) is 4.39 Å². The van der Waals surface area contributed by atoms with Crippen molar-refractivity contribution in [3.8, 4) is 0 Å². The largest absolute Gasteiger partial charge is 0.425 e. The highest BCUT2D eigenvalue weighted by molar-refractivity contribution is 6.73. The Labute approximate surface area is 160 Å². The number of hydrogen-bond acceptors (Lipinski definition) is 2. The van der Waals surface area contributed by atoms with Crippen LogP contribution in [-0.4, -0.2) is 22.3 Å². The topological polar surface area (TPSA) is 27.1 Å². The van der Waals surface area contributed by atoms with Crippen molar-refractivity contribution >= 4 is 34.9 Å². The number of aromatic nitrogens is 2. The monoisotopic (exact) mass is 376 g/mol. The van der Waals surface area contributed by atoms with Crippen LogP contribution < -0.4 is 5.46 Å². The summed E-state index contributed by atoms with van der Waals surface area (Å²) in [6.07, 6.45) is 8.58. The summed E-state index contributed by atoms with van der Waals surface area (Å²) in [7, 11) is 0. The summed E-state index contributed by atoms with van der Waals surface area (Å²) in [4.78, 5) is 0. The zero-order valence-electron chi connectivity index (χ0n) is 16.1. The molecule has 2 aliphatic rings. The van der Waals surface area contributed by atoms with Crippen LogP contribution in [0, 0.1) is 11.2 Å². The fraction of sp³-hybridized carbons (Fsp3) is 0.650. The molecule has 0 radical (unpaired) electrons. The first-order valence-corrected chi connectivity index (χ1v) is 10.1. The molecule has 1 aliphatic carbocycles. The number of fused-ring (bicyclic) bond motifs is 1. The van der Waals surface area contributed by atoms with Gasteiger partial charge < -0.3 is 4.65 Å². The minimum Gasteiger partial charge on any atom is -0.425 e. The summed E-state index contributed by atoms with van der Waals surface area (Å²) in [6, 6.07) is 1.90.